The summed E-state index contributed by atoms with van der Waals surface area (Å²) in [6.45, 7) is 3.18. The average Bonchev–Trinajstić information content (AvgIpc) is 3.19. The van der Waals surface area contributed by atoms with Crippen molar-refractivity contribution in [3.8, 4) is 5.75 Å². The van der Waals surface area contributed by atoms with Crippen molar-refractivity contribution in [1.29, 1.82) is 0 Å². The average molecular weight is 466 g/mol. The minimum absolute atomic E-state index is 0.0160. The first kappa shape index (κ1) is 23.3. The van der Waals surface area contributed by atoms with Gasteiger partial charge in [0.2, 0.25) is 0 Å². The summed E-state index contributed by atoms with van der Waals surface area (Å²) < 4.78 is 30.2. The van der Waals surface area contributed by atoms with Gasteiger partial charge in [-0.3, -0.25) is 4.79 Å². The standard InChI is InChI=1S/C27H31NO4S/c1-2-3-6-17-32-25-14-12-22(13-15-25)27(29)28(24-16-18-33(30,31)20-24)19-23-10-7-9-21-8-4-5-11-26(21)23/h4-5,7-15,24H,2-3,6,16-20H2,1H3/t24-/m1/s1. The Morgan fingerprint density at radius 3 is 2.48 bits per heavy atom. The molecule has 1 saturated heterocycles. The molecule has 1 atom stereocenters. The number of rotatable bonds is 9. The Labute approximate surface area is 196 Å². The van der Waals surface area contributed by atoms with E-state index < -0.39 is 9.84 Å². The second kappa shape index (κ2) is 10.4. The van der Waals surface area contributed by atoms with Crippen molar-refractivity contribution in [3.05, 3.63) is 77.9 Å². The molecule has 0 unspecified atom stereocenters. The Hall–Kier alpha value is -2.86. The molecule has 5 nitrogen and oxygen atoms in total. The topological polar surface area (TPSA) is 63.7 Å². The SMILES string of the molecule is CCCCCOc1ccc(C(=O)N(Cc2cccc3ccccc23)[C@@H]2CCS(=O)(=O)C2)cc1. The number of nitrogens with zero attached hydrogens (tertiary/aromatic N) is 1. The van der Waals surface area contributed by atoms with Crippen molar-refractivity contribution in [2.75, 3.05) is 18.1 Å². The van der Waals surface area contributed by atoms with Gasteiger partial charge in [0.15, 0.2) is 9.84 Å². The van der Waals surface area contributed by atoms with E-state index in [2.05, 4.69) is 6.92 Å². The van der Waals surface area contributed by atoms with Gasteiger partial charge in [0, 0.05) is 18.2 Å². The van der Waals surface area contributed by atoms with Gasteiger partial charge in [0.25, 0.3) is 5.91 Å². The van der Waals surface area contributed by atoms with E-state index in [1.54, 1.807) is 17.0 Å². The zero-order valence-corrected chi connectivity index (χ0v) is 19.9. The molecule has 3 aromatic rings. The highest BCUT2D eigenvalue weighted by molar-refractivity contribution is 7.91. The lowest BCUT2D eigenvalue weighted by atomic mass is 10.0. The van der Waals surface area contributed by atoms with Gasteiger partial charge in [-0.25, -0.2) is 8.42 Å². The molecule has 3 aromatic carbocycles. The highest BCUT2D eigenvalue weighted by Crippen LogP contribution is 2.26. The summed E-state index contributed by atoms with van der Waals surface area (Å²) in [5, 5.41) is 2.18. The summed E-state index contributed by atoms with van der Waals surface area (Å²) in [7, 11) is -3.13. The van der Waals surface area contributed by atoms with Gasteiger partial charge >= 0.3 is 0 Å². The van der Waals surface area contributed by atoms with Gasteiger partial charge in [-0.05, 0) is 53.4 Å². The van der Waals surface area contributed by atoms with Crippen LogP contribution >= 0.6 is 0 Å². The second-order valence-electron chi connectivity index (χ2n) is 8.71. The van der Waals surface area contributed by atoms with Crippen molar-refractivity contribution < 1.29 is 17.9 Å². The van der Waals surface area contributed by atoms with E-state index >= 15 is 0 Å². The predicted molar refractivity (Wildman–Crippen MR) is 132 cm³/mol. The molecular formula is C27H31NO4S. The number of unbranched alkanes of at least 4 members (excludes halogenated alkanes) is 2. The molecule has 1 aliphatic heterocycles. The molecule has 0 spiro atoms. The van der Waals surface area contributed by atoms with Gasteiger partial charge in [0.1, 0.15) is 5.75 Å². The molecule has 0 N–H and O–H groups in total. The minimum atomic E-state index is -3.13. The number of amides is 1. The Balaban J connectivity index is 1.57. The van der Waals surface area contributed by atoms with Crippen LogP contribution in [0.1, 0.15) is 48.5 Å². The first-order valence-corrected chi connectivity index (χ1v) is 13.5. The summed E-state index contributed by atoms with van der Waals surface area (Å²) in [5.41, 5.74) is 1.56. The van der Waals surface area contributed by atoms with Crippen LogP contribution in [0.25, 0.3) is 10.8 Å². The largest absolute Gasteiger partial charge is 0.494 e. The van der Waals surface area contributed by atoms with E-state index in [1.807, 2.05) is 54.6 Å². The molecule has 0 aromatic heterocycles. The summed E-state index contributed by atoms with van der Waals surface area (Å²) in [4.78, 5) is 15.3. The van der Waals surface area contributed by atoms with Crippen molar-refractivity contribution in [2.45, 2.75) is 45.2 Å². The van der Waals surface area contributed by atoms with Crippen molar-refractivity contribution in [2.24, 2.45) is 0 Å². The third-order valence-corrected chi connectivity index (χ3v) is 8.00. The molecule has 33 heavy (non-hydrogen) atoms. The number of hydrogen-bond acceptors (Lipinski definition) is 4. The zero-order chi connectivity index (χ0) is 23.3. The van der Waals surface area contributed by atoms with Crippen LogP contribution in [0.5, 0.6) is 5.75 Å². The summed E-state index contributed by atoms with van der Waals surface area (Å²) in [5.74, 6) is 0.734. The Morgan fingerprint density at radius 1 is 1.00 bits per heavy atom. The van der Waals surface area contributed by atoms with Gasteiger partial charge in [0.05, 0.1) is 18.1 Å². The number of carbonyl (C=O) groups excluding carboxylic acids is 1. The van der Waals surface area contributed by atoms with E-state index in [-0.39, 0.29) is 23.5 Å². The minimum Gasteiger partial charge on any atom is -0.494 e. The fourth-order valence-corrected chi connectivity index (χ4v) is 6.13. The Bertz CT molecular complexity index is 1200. The third-order valence-electron chi connectivity index (χ3n) is 6.25. The number of hydrogen-bond donors (Lipinski definition) is 0. The molecule has 1 heterocycles. The van der Waals surface area contributed by atoms with Crippen molar-refractivity contribution in [1.82, 2.24) is 4.90 Å². The van der Waals surface area contributed by atoms with E-state index in [0.717, 1.165) is 41.3 Å². The predicted octanol–water partition coefficient (Wildman–Crippen LogP) is 5.24. The third kappa shape index (κ3) is 5.74. The van der Waals surface area contributed by atoms with E-state index in [1.165, 1.54) is 0 Å². The van der Waals surface area contributed by atoms with Crippen LogP contribution in [0.3, 0.4) is 0 Å². The smallest absolute Gasteiger partial charge is 0.254 e. The summed E-state index contributed by atoms with van der Waals surface area (Å²) in [6.07, 6.45) is 3.74. The molecule has 174 valence electrons. The number of benzene rings is 3. The van der Waals surface area contributed by atoms with Crippen LogP contribution in [-0.2, 0) is 16.4 Å². The quantitative estimate of drug-likeness (QED) is 0.406. The van der Waals surface area contributed by atoms with Crippen LogP contribution in [0, 0.1) is 0 Å². The lowest BCUT2D eigenvalue weighted by Gasteiger charge is -2.29. The summed E-state index contributed by atoms with van der Waals surface area (Å²) >= 11 is 0. The van der Waals surface area contributed by atoms with Gasteiger partial charge in [-0.1, -0.05) is 62.2 Å². The Kier molecular flexibility index (Phi) is 7.33. The van der Waals surface area contributed by atoms with Gasteiger partial charge in [-0.2, -0.15) is 0 Å². The maximum atomic E-state index is 13.6. The molecule has 0 radical (unpaired) electrons. The van der Waals surface area contributed by atoms with Crippen LogP contribution in [-0.4, -0.2) is 43.4 Å². The van der Waals surface area contributed by atoms with Crippen LogP contribution in [0.15, 0.2) is 66.7 Å². The number of fused-ring (bicyclic) bond motifs is 1. The number of ether oxygens (including phenoxy) is 1. The van der Waals surface area contributed by atoms with Crippen molar-refractivity contribution >= 4 is 26.5 Å². The molecule has 1 fully saturated rings. The maximum absolute atomic E-state index is 13.6. The normalized spacial score (nSPS) is 17.2. The molecule has 1 aliphatic rings. The van der Waals surface area contributed by atoms with Crippen LogP contribution in [0.2, 0.25) is 0 Å². The Morgan fingerprint density at radius 2 is 1.76 bits per heavy atom. The first-order chi connectivity index (χ1) is 16.0. The lowest BCUT2D eigenvalue weighted by Crippen LogP contribution is -2.40. The molecular weight excluding hydrogens is 434 g/mol. The van der Waals surface area contributed by atoms with E-state index in [0.29, 0.717) is 25.1 Å². The van der Waals surface area contributed by atoms with Crippen LogP contribution < -0.4 is 4.74 Å². The molecule has 0 saturated carbocycles. The molecule has 1 amide bonds. The lowest BCUT2D eigenvalue weighted by molar-refractivity contribution is 0.0682. The van der Waals surface area contributed by atoms with Crippen LogP contribution in [0.4, 0.5) is 0 Å². The monoisotopic (exact) mass is 465 g/mol. The van der Waals surface area contributed by atoms with E-state index in [4.69, 9.17) is 4.74 Å². The first-order valence-electron chi connectivity index (χ1n) is 11.7. The number of sulfone groups is 1. The van der Waals surface area contributed by atoms with Gasteiger partial charge < -0.3 is 9.64 Å². The fourth-order valence-electron chi connectivity index (χ4n) is 4.40. The second-order valence-corrected chi connectivity index (χ2v) is 10.9. The number of carbonyl (C=O) groups is 1. The highest BCUT2D eigenvalue weighted by Gasteiger charge is 2.35. The fraction of sp³-hybridized carbons (Fsp3) is 0.370. The van der Waals surface area contributed by atoms with Gasteiger partial charge in [-0.15, -0.1) is 0 Å². The summed E-state index contributed by atoms with van der Waals surface area (Å²) in [6, 6.07) is 21.0. The maximum Gasteiger partial charge on any atom is 0.254 e. The zero-order valence-electron chi connectivity index (χ0n) is 19.1. The molecule has 6 heteroatoms. The highest BCUT2D eigenvalue weighted by atomic mass is 32.2. The van der Waals surface area contributed by atoms with E-state index in [9.17, 15) is 13.2 Å². The molecule has 0 aliphatic carbocycles. The van der Waals surface area contributed by atoms with Crippen molar-refractivity contribution in [3.63, 3.8) is 0 Å². The molecule has 0 bridgehead atoms. The molecule has 4 rings (SSSR count).